The van der Waals surface area contributed by atoms with Gasteiger partial charge in [-0.3, -0.25) is 4.79 Å². The van der Waals surface area contributed by atoms with E-state index < -0.39 is 0 Å². The van der Waals surface area contributed by atoms with Crippen LogP contribution in [0.5, 0.6) is 0 Å². The third-order valence-electron chi connectivity index (χ3n) is 3.91. The van der Waals surface area contributed by atoms with E-state index >= 15 is 0 Å². The zero-order valence-corrected chi connectivity index (χ0v) is 13.3. The highest BCUT2D eigenvalue weighted by molar-refractivity contribution is 9.10. The average Bonchev–Trinajstić information content (AvgIpc) is 3.18. The van der Waals surface area contributed by atoms with Gasteiger partial charge in [0.2, 0.25) is 0 Å². The van der Waals surface area contributed by atoms with E-state index in [1.165, 1.54) is 12.8 Å². The molecular weight excluding hydrogens is 332 g/mol. The number of aromatic nitrogens is 1. The second-order valence-electron chi connectivity index (χ2n) is 5.32. The number of amides is 1. The zero-order valence-electron chi connectivity index (χ0n) is 11.7. The van der Waals surface area contributed by atoms with E-state index in [-0.39, 0.29) is 5.91 Å². The van der Waals surface area contributed by atoms with Gasteiger partial charge in [0.1, 0.15) is 10.4 Å². The molecule has 1 amide bonds. The third-order valence-corrected chi connectivity index (χ3v) is 4.38. The van der Waals surface area contributed by atoms with Gasteiger partial charge < -0.3 is 9.32 Å². The highest BCUT2D eigenvalue weighted by Gasteiger charge is 2.28. The number of halogens is 1. The summed E-state index contributed by atoms with van der Waals surface area (Å²) >= 11 is 3.30. The molecule has 0 aliphatic heterocycles. The second-order valence-corrected chi connectivity index (χ2v) is 6.13. The van der Waals surface area contributed by atoms with Gasteiger partial charge in [-0.2, -0.15) is 0 Å². The van der Waals surface area contributed by atoms with Crippen LogP contribution in [0.3, 0.4) is 0 Å². The molecule has 1 aliphatic carbocycles. The molecule has 0 spiro atoms. The molecular formula is C16H17BrN2O2. The van der Waals surface area contributed by atoms with E-state index in [9.17, 15) is 4.79 Å². The molecule has 0 saturated heterocycles. The molecule has 0 radical (unpaired) electrons. The van der Waals surface area contributed by atoms with E-state index in [1.54, 1.807) is 18.5 Å². The summed E-state index contributed by atoms with van der Waals surface area (Å²) in [5.74, 6) is 0.846. The maximum atomic E-state index is 12.8. The second kappa shape index (κ2) is 6.43. The largest absolute Gasteiger partial charge is 0.467 e. The van der Waals surface area contributed by atoms with Gasteiger partial charge in [-0.15, -0.1) is 0 Å². The van der Waals surface area contributed by atoms with Crippen molar-refractivity contribution in [1.82, 2.24) is 9.88 Å². The molecule has 4 nitrogen and oxygen atoms in total. The first-order valence-corrected chi connectivity index (χ1v) is 7.98. The molecule has 2 aromatic rings. The Morgan fingerprint density at radius 2 is 2.14 bits per heavy atom. The summed E-state index contributed by atoms with van der Waals surface area (Å²) in [6.45, 7) is 0.520. The summed E-state index contributed by atoms with van der Waals surface area (Å²) in [5, 5.41) is 0. The standard InChI is InChI=1S/C16H17BrN2O2/c17-15-8-7-12(10-18-15)16(20)19(13-4-1-2-5-13)11-14-6-3-9-21-14/h3,6-10,13H,1-2,4-5,11H2. The average molecular weight is 349 g/mol. The summed E-state index contributed by atoms with van der Waals surface area (Å²) < 4.78 is 6.15. The number of hydrogen-bond donors (Lipinski definition) is 0. The Balaban J connectivity index is 1.83. The van der Waals surface area contributed by atoms with Crippen LogP contribution in [-0.4, -0.2) is 21.8 Å². The highest BCUT2D eigenvalue weighted by Crippen LogP contribution is 2.26. The first-order chi connectivity index (χ1) is 10.2. The predicted molar refractivity (Wildman–Crippen MR) is 82.8 cm³/mol. The van der Waals surface area contributed by atoms with Gasteiger partial charge in [0, 0.05) is 12.2 Å². The summed E-state index contributed by atoms with van der Waals surface area (Å²) in [7, 11) is 0. The molecule has 0 unspecified atom stereocenters. The molecule has 21 heavy (non-hydrogen) atoms. The number of carbonyl (C=O) groups excluding carboxylic acids is 1. The lowest BCUT2D eigenvalue weighted by atomic mass is 10.1. The van der Waals surface area contributed by atoms with Gasteiger partial charge in [-0.05, 0) is 53.0 Å². The summed E-state index contributed by atoms with van der Waals surface area (Å²) in [5.41, 5.74) is 0.622. The number of hydrogen-bond acceptors (Lipinski definition) is 3. The van der Waals surface area contributed by atoms with Crippen LogP contribution in [-0.2, 0) is 6.54 Å². The van der Waals surface area contributed by atoms with E-state index in [0.717, 1.165) is 23.2 Å². The lowest BCUT2D eigenvalue weighted by Gasteiger charge is -2.28. The Kier molecular flexibility index (Phi) is 4.39. The van der Waals surface area contributed by atoms with Crippen molar-refractivity contribution in [2.24, 2.45) is 0 Å². The first kappa shape index (κ1) is 14.3. The molecule has 5 heteroatoms. The van der Waals surface area contributed by atoms with Gasteiger partial charge in [-0.25, -0.2) is 4.98 Å². The summed E-state index contributed by atoms with van der Waals surface area (Å²) in [4.78, 5) is 18.9. The molecule has 0 aromatic carbocycles. The van der Waals surface area contributed by atoms with Crippen molar-refractivity contribution in [2.75, 3.05) is 0 Å². The van der Waals surface area contributed by atoms with Crippen LogP contribution in [0.1, 0.15) is 41.8 Å². The molecule has 1 saturated carbocycles. The van der Waals surface area contributed by atoms with Gasteiger partial charge in [-0.1, -0.05) is 12.8 Å². The van der Waals surface area contributed by atoms with Crippen LogP contribution in [0, 0.1) is 0 Å². The maximum Gasteiger partial charge on any atom is 0.256 e. The SMILES string of the molecule is O=C(c1ccc(Br)nc1)N(Cc1ccco1)C1CCCC1. The summed E-state index contributed by atoms with van der Waals surface area (Å²) in [6.07, 6.45) is 7.77. The topological polar surface area (TPSA) is 46.3 Å². The maximum absolute atomic E-state index is 12.8. The number of rotatable bonds is 4. The fourth-order valence-electron chi connectivity index (χ4n) is 2.82. The lowest BCUT2D eigenvalue weighted by Crippen LogP contribution is -2.38. The summed E-state index contributed by atoms with van der Waals surface area (Å²) in [6, 6.07) is 7.67. The van der Waals surface area contributed by atoms with Crippen LogP contribution in [0.2, 0.25) is 0 Å². The van der Waals surface area contributed by atoms with Crippen molar-refractivity contribution in [3.63, 3.8) is 0 Å². The van der Waals surface area contributed by atoms with Crippen molar-refractivity contribution < 1.29 is 9.21 Å². The Labute approximate surface area is 132 Å². The lowest BCUT2D eigenvalue weighted by molar-refractivity contribution is 0.0648. The highest BCUT2D eigenvalue weighted by atomic mass is 79.9. The fraction of sp³-hybridized carbons (Fsp3) is 0.375. The third kappa shape index (κ3) is 3.35. The smallest absolute Gasteiger partial charge is 0.256 e. The van der Waals surface area contributed by atoms with Crippen molar-refractivity contribution in [1.29, 1.82) is 0 Å². The Hall–Kier alpha value is -1.62. The normalized spacial score (nSPS) is 15.3. The van der Waals surface area contributed by atoms with E-state index in [1.807, 2.05) is 23.1 Å². The van der Waals surface area contributed by atoms with E-state index in [2.05, 4.69) is 20.9 Å². The fourth-order valence-corrected chi connectivity index (χ4v) is 3.06. The van der Waals surface area contributed by atoms with Crippen molar-refractivity contribution in [2.45, 2.75) is 38.3 Å². The predicted octanol–water partition coefficient (Wildman–Crippen LogP) is 4.02. The number of nitrogens with zero attached hydrogens (tertiary/aromatic N) is 2. The van der Waals surface area contributed by atoms with Crippen LogP contribution >= 0.6 is 15.9 Å². The van der Waals surface area contributed by atoms with Gasteiger partial charge in [0.05, 0.1) is 18.4 Å². The number of pyridine rings is 1. The van der Waals surface area contributed by atoms with E-state index in [4.69, 9.17) is 4.42 Å². The monoisotopic (exact) mass is 348 g/mol. The molecule has 0 atom stereocenters. The molecule has 3 rings (SSSR count). The Bertz CT molecular complexity index is 589. The van der Waals surface area contributed by atoms with Gasteiger partial charge in [0.15, 0.2) is 0 Å². The quantitative estimate of drug-likeness (QED) is 0.783. The first-order valence-electron chi connectivity index (χ1n) is 7.19. The van der Waals surface area contributed by atoms with Crippen molar-refractivity contribution in [3.05, 3.63) is 52.7 Å². The van der Waals surface area contributed by atoms with Crippen LogP contribution < -0.4 is 0 Å². The van der Waals surface area contributed by atoms with Gasteiger partial charge >= 0.3 is 0 Å². The number of carbonyl (C=O) groups is 1. The molecule has 1 aliphatic rings. The molecule has 2 aromatic heterocycles. The molecule has 2 heterocycles. The molecule has 0 N–H and O–H groups in total. The molecule has 1 fully saturated rings. The van der Waals surface area contributed by atoms with Crippen molar-refractivity contribution >= 4 is 21.8 Å². The zero-order chi connectivity index (χ0) is 14.7. The number of furan rings is 1. The van der Waals surface area contributed by atoms with Crippen LogP contribution in [0.25, 0.3) is 0 Å². The minimum absolute atomic E-state index is 0.0262. The van der Waals surface area contributed by atoms with Crippen molar-refractivity contribution in [3.8, 4) is 0 Å². The minimum atomic E-state index is 0.0262. The minimum Gasteiger partial charge on any atom is -0.467 e. The van der Waals surface area contributed by atoms with Crippen LogP contribution in [0.4, 0.5) is 0 Å². The van der Waals surface area contributed by atoms with Gasteiger partial charge in [0.25, 0.3) is 5.91 Å². The molecule has 0 bridgehead atoms. The Morgan fingerprint density at radius 1 is 1.33 bits per heavy atom. The van der Waals surface area contributed by atoms with E-state index in [0.29, 0.717) is 18.2 Å². The van der Waals surface area contributed by atoms with Crippen LogP contribution in [0.15, 0.2) is 45.7 Å². The Morgan fingerprint density at radius 3 is 2.76 bits per heavy atom. The molecule has 110 valence electrons.